The van der Waals surface area contributed by atoms with Gasteiger partial charge in [-0.15, -0.1) is 0 Å². The van der Waals surface area contributed by atoms with Crippen LogP contribution in [0.15, 0.2) is 12.2 Å². The highest BCUT2D eigenvalue weighted by Gasteiger charge is 2.60. The summed E-state index contributed by atoms with van der Waals surface area (Å²) in [5.41, 5.74) is -0.560. The molecule has 1 N–H and O–H groups in total. The zero-order valence-electron chi connectivity index (χ0n) is 11.1. The van der Waals surface area contributed by atoms with Crippen LogP contribution in [0.2, 0.25) is 0 Å². The molecule has 0 aromatic heterocycles. The highest BCUT2D eigenvalue weighted by Crippen LogP contribution is 2.59. The standard InChI is InChI=1S/C14H20O4/c1-13(2)9(11(13)12(16)17)5-6-10(15)18-14(3)7-4-8-14/h5-6,9,11H,4,7-8H2,1-3H3,(H,16,17)/b6-5-. The molecule has 100 valence electrons. The highest BCUT2D eigenvalue weighted by atomic mass is 16.6. The molecule has 2 fully saturated rings. The average Bonchev–Trinajstić information content (AvgIpc) is 2.75. The van der Waals surface area contributed by atoms with E-state index in [-0.39, 0.29) is 28.8 Å². The van der Waals surface area contributed by atoms with Crippen molar-refractivity contribution < 1.29 is 19.4 Å². The number of esters is 1. The molecule has 2 aliphatic carbocycles. The Hall–Kier alpha value is -1.32. The smallest absolute Gasteiger partial charge is 0.330 e. The van der Waals surface area contributed by atoms with Gasteiger partial charge in [0, 0.05) is 6.08 Å². The third-order valence-corrected chi connectivity index (χ3v) is 4.37. The Balaban J connectivity index is 1.88. The van der Waals surface area contributed by atoms with E-state index in [1.54, 1.807) is 6.08 Å². The molecule has 0 saturated heterocycles. The Kier molecular flexibility index (Phi) is 2.99. The minimum atomic E-state index is -0.797. The number of carboxylic acid groups (broad SMARTS) is 1. The van der Waals surface area contributed by atoms with E-state index in [9.17, 15) is 9.59 Å². The van der Waals surface area contributed by atoms with Crippen LogP contribution < -0.4 is 0 Å². The Bertz CT molecular complexity index is 404. The second-order valence-electron chi connectivity index (χ2n) is 6.25. The van der Waals surface area contributed by atoms with E-state index < -0.39 is 5.97 Å². The lowest BCUT2D eigenvalue weighted by Crippen LogP contribution is -2.38. The average molecular weight is 252 g/mol. The maximum atomic E-state index is 11.6. The Morgan fingerprint density at radius 2 is 1.89 bits per heavy atom. The maximum absolute atomic E-state index is 11.6. The zero-order valence-corrected chi connectivity index (χ0v) is 11.1. The van der Waals surface area contributed by atoms with Gasteiger partial charge < -0.3 is 9.84 Å². The van der Waals surface area contributed by atoms with E-state index >= 15 is 0 Å². The number of carboxylic acids is 1. The fourth-order valence-electron chi connectivity index (χ4n) is 2.74. The molecular formula is C14H20O4. The fourth-order valence-corrected chi connectivity index (χ4v) is 2.74. The van der Waals surface area contributed by atoms with Crippen LogP contribution in [0.25, 0.3) is 0 Å². The summed E-state index contributed by atoms with van der Waals surface area (Å²) in [6, 6.07) is 0. The molecule has 0 spiro atoms. The molecule has 4 heteroatoms. The Morgan fingerprint density at radius 3 is 2.28 bits per heavy atom. The first-order valence-corrected chi connectivity index (χ1v) is 6.40. The van der Waals surface area contributed by atoms with Gasteiger partial charge in [-0.25, -0.2) is 4.79 Å². The minimum absolute atomic E-state index is 0.0725. The van der Waals surface area contributed by atoms with Gasteiger partial charge in [0.15, 0.2) is 0 Å². The van der Waals surface area contributed by atoms with Crippen molar-refractivity contribution in [1.29, 1.82) is 0 Å². The van der Waals surface area contributed by atoms with E-state index in [2.05, 4.69) is 0 Å². The van der Waals surface area contributed by atoms with Gasteiger partial charge in [-0.2, -0.15) is 0 Å². The molecule has 0 aliphatic heterocycles. The summed E-state index contributed by atoms with van der Waals surface area (Å²) >= 11 is 0. The minimum Gasteiger partial charge on any atom is -0.481 e. The first kappa shape index (κ1) is 13.1. The van der Waals surface area contributed by atoms with Crippen LogP contribution in [0.3, 0.4) is 0 Å². The van der Waals surface area contributed by atoms with Gasteiger partial charge in [-0.05, 0) is 37.5 Å². The number of carbonyl (C=O) groups excluding carboxylic acids is 1. The summed E-state index contributed by atoms with van der Waals surface area (Å²) in [5, 5.41) is 9.01. The largest absolute Gasteiger partial charge is 0.481 e. The molecule has 0 bridgehead atoms. The first-order valence-electron chi connectivity index (χ1n) is 6.40. The van der Waals surface area contributed by atoms with Crippen molar-refractivity contribution in [2.24, 2.45) is 17.3 Å². The van der Waals surface area contributed by atoms with Crippen molar-refractivity contribution in [3.05, 3.63) is 12.2 Å². The molecule has 2 saturated carbocycles. The lowest BCUT2D eigenvalue weighted by Gasteiger charge is -2.37. The van der Waals surface area contributed by atoms with E-state index in [1.165, 1.54) is 6.08 Å². The predicted octanol–water partition coefficient (Wildman–Crippen LogP) is 2.39. The summed E-state index contributed by atoms with van der Waals surface area (Å²) in [6.07, 6.45) is 6.00. The summed E-state index contributed by atoms with van der Waals surface area (Å²) in [5.74, 6) is -1.62. The number of ether oxygens (including phenoxy) is 1. The molecule has 0 aromatic rings. The van der Waals surface area contributed by atoms with E-state index in [0.29, 0.717) is 0 Å². The van der Waals surface area contributed by atoms with Crippen LogP contribution >= 0.6 is 0 Å². The predicted molar refractivity (Wildman–Crippen MR) is 65.9 cm³/mol. The van der Waals surface area contributed by atoms with Gasteiger partial charge in [0.05, 0.1) is 5.92 Å². The summed E-state index contributed by atoms with van der Waals surface area (Å²) < 4.78 is 5.34. The number of carbonyl (C=O) groups is 2. The molecular weight excluding hydrogens is 232 g/mol. The van der Waals surface area contributed by atoms with Crippen molar-refractivity contribution in [3.8, 4) is 0 Å². The summed E-state index contributed by atoms with van der Waals surface area (Å²) in [4.78, 5) is 22.6. The molecule has 2 rings (SSSR count). The molecule has 0 amide bonds. The van der Waals surface area contributed by atoms with Crippen molar-refractivity contribution in [1.82, 2.24) is 0 Å². The van der Waals surface area contributed by atoms with Gasteiger partial charge in [-0.3, -0.25) is 4.79 Å². The number of rotatable bonds is 4. The molecule has 0 aromatic carbocycles. The van der Waals surface area contributed by atoms with Crippen molar-refractivity contribution in [2.75, 3.05) is 0 Å². The topological polar surface area (TPSA) is 63.6 Å². The quantitative estimate of drug-likeness (QED) is 0.616. The highest BCUT2D eigenvalue weighted by molar-refractivity contribution is 5.83. The van der Waals surface area contributed by atoms with E-state index in [1.807, 2.05) is 20.8 Å². The second-order valence-corrected chi connectivity index (χ2v) is 6.25. The monoisotopic (exact) mass is 252 g/mol. The molecule has 2 unspecified atom stereocenters. The van der Waals surface area contributed by atoms with E-state index in [0.717, 1.165) is 19.3 Å². The Morgan fingerprint density at radius 1 is 1.28 bits per heavy atom. The van der Waals surface area contributed by atoms with Crippen LogP contribution in [0.5, 0.6) is 0 Å². The summed E-state index contributed by atoms with van der Waals surface area (Å²) in [7, 11) is 0. The second kappa shape index (κ2) is 4.11. The van der Waals surface area contributed by atoms with Gasteiger partial charge >= 0.3 is 11.9 Å². The van der Waals surface area contributed by atoms with Crippen LogP contribution in [-0.4, -0.2) is 22.6 Å². The lowest BCUT2D eigenvalue weighted by atomic mass is 9.82. The normalized spacial score (nSPS) is 31.7. The molecule has 2 aliphatic rings. The molecule has 0 heterocycles. The third-order valence-electron chi connectivity index (χ3n) is 4.37. The maximum Gasteiger partial charge on any atom is 0.330 e. The number of hydrogen-bond donors (Lipinski definition) is 1. The van der Waals surface area contributed by atoms with Crippen LogP contribution in [0.4, 0.5) is 0 Å². The van der Waals surface area contributed by atoms with E-state index in [4.69, 9.17) is 9.84 Å². The summed E-state index contributed by atoms with van der Waals surface area (Å²) in [6.45, 7) is 5.74. The van der Waals surface area contributed by atoms with Crippen molar-refractivity contribution in [2.45, 2.75) is 45.6 Å². The Labute approximate surface area is 107 Å². The fraction of sp³-hybridized carbons (Fsp3) is 0.714. The molecule has 0 radical (unpaired) electrons. The lowest BCUT2D eigenvalue weighted by molar-refractivity contribution is -0.160. The number of hydrogen-bond acceptors (Lipinski definition) is 3. The third kappa shape index (κ3) is 2.28. The van der Waals surface area contributed by atoms with Crippen LogP contribution in [0, 0.1) is 17.3 Å². The van der Waals surface area contributed by atoms with Gasteiger partial charge in [0.25, 0.3) is 0 Å². The van der Waals surface area contributed by atoms with Gasteiger partial charge in [0.2, 0.25) is 0 Å². The zero-order chi connectivity index (χ0) is 13.6. The van der Waals surface area contributed by atoms with Crippen molar-refractivity contribution >= 4 is 11.9 Å². The first-order chi connectivity index (χ1) is 8.26. The number of aliphatic carboxylic acids is 1. The molecule has 2 atom stereocenters. The molecule has 4 nitrogen and oxygen atoms in total. The van der Waals surface area contributed by atoms with Gasteiger partial charge in [0.1, 0.15) is 5.60 Å². The van der Waals surface area contributed by atoms with Crippen LogP contribution in [0.1, 0.15) is 40.0 Å². The van der Waals surface area contributed by atoms with Crippen molar-refractivity contribution in [3.63, 3.8) is 0 Å². The van der Waals surface area contributed by atoms with Gasteiger partial charge in [-0.1, -0.05) is 19.9 Å². The SMILES string of the molecule is CC1(OC(=O)/C=C\C2C(C(=O)O)C2(C)C)CCC1. The molecule has 18 heavy (non-hydrogen) atoms. The number of allylic oxidation sites excluding steroid dienone is 1. The van der Waals surface area contributed by atoms with Crippen LogP contribution in [-0.2, 0) is 14.3 Å².